The molecule has 0 aliphatic rings. The van der Waals surface area contributed by atoms with Crippen molar-refractivity contribution in [2.45, 2.75) is 51.4 Å². The lowest BCUT2D eigenvalue weighted by molar-refractivity contribution is 0.0123. The third-order valence-corrected chi connectivity index (χ3v) is 3.08. The van der Waals surface area contributed by atoms with E-state index in [1.54, 1.807) is 45.0 Å². The summed E-state index contributed by atoms with van der Waals surface area (Å²) in [5.41, 5.74) is 0.842. The highest BCUT2D eigenvalue weighted by molar-refractivity contribution is 5.67. The highest BCUT2D eigenvalue weighted by Gasteiger charge is 2.20. The summed E-state index contributed by atoms with van der Waals surface area (Å²) in [5.74, 6) is 0. The average molecular weight is 320 g/mol. The van der Waals surface area contributed by atoms with Crippen molar-refractivity contribution in [2.75, 3.05) is 6.54 Å². The first-order chi connectivity index (χ1) is 10.7. The van der Waals surface area contributed by atoms with Crippen LogP contribution in [0.3, 0.4) is 0 Å². The third-order valence-electron chi connectivity index (χ3n) is 3.08. The molecule has 0 aromatic heterocycles. The summed E-state index contributed by atoms with van der Waals surface area (Å²) in [6.07, 6.45) is -2.11. The van der Waals surface area contributed by atoms with Gasteiger partial charge in [-0.15, -0.1) is 0 Å². The van der Waals surface area contributed by atoms with E-state index in [1.807, 2.05) is 6.07 Å². The van der Waals surface area contributed by atoms with E-state index >= 15 is 0 Å². The zero-order valence-corrected chi connectivity index (χ0v) is 13.7. The fraction of sp³-hybridized carbons (Fsp3) is 0.529. The summed E-state index contributed by atoms with van der Waals surface area (Å²) in [5, 5.41) is 31.2. The van der Waals surface area contributed by atoms with Crippen molar-refractivity contribution in [3.63, 3.8) is 0 Å². The van der Waals surface area contributed by atoms with Gasteiger partial charge < -0.3 is 20.3 Å². The molecular formula is C17H24N2O4. The van der Waals surface area contributed by atoms with E-state index in [0.29, 0.717) is 12.0 Å². The molecule has 0 saturated heterocycles. The van der Waals surface area contributed by atoms with Crippen LogP contribution < -0.4 is 5.32 Å². The van der Waals surface area contributed by atoms with E-state index in [2.05, 4.69) is 5.32 Å². The van der Waals surface area contributed by atoms with Crippen molar-refractivity contribution in [3.8, 4) is 6.07 Å². The molecule has 0 saturated carbocycles. The highest BCUT2D eigenvalue weighted by atomic mass is 16.6. The number of aliphatic hydroxyl groups is 2. The minimum atomic E-state index is -1.05. The number of amides is 1. The number of benzene rings is 1. The summed E-state index contributed by atoms with van der Waals surface area (Å²) >= 11 is 0. The largest absolute Gasteiger partial charge is 0.444 e. The summed E-state index contributed by atoms with van der Waals surface area (Å²) in [4.78, 5) is 11.5. The Bertz CT molecular complexity index is 543. The Labute approximate surface area is 136 Å². The molecule has 0 bridgehead atoms. The molecule has 23 heavy (non-hydrogen) atoms. The smallest absolute Gasteiger partial charge is 0.407 e. The molecule has 3 N–H and O–H groups in total. The molecule has 1 aromatic carbocycles. The fourth-order valence-corrected chi connectivity index (χ4v) is 1.94. The average Bonchev–Trinajstić information content (AvgIpc) is 2.45. The Hall–Kier alpha value is -2.10. The maximum atomic E-state index is 11.5. The van der Waals surface area contributed by atoms with E-state index in [-0.39, 0.29) is 13.0 Å². The van der Waals surface area contributed by atoms with E-state index < -0.39 is 23.9 Å². The third kappa shape index (κ3) is 7.13. The topological polar surface area (TPSA) is 103 Å². The molecule has 1 amide bonds. The first-order valence-corrected chi connectivity index (χ1v) is 7.51. The Morgan fingerprint density at radius 1 is 1.30 bits per heavy atom. The zero-order valence-electron chi connectivity index (χ0n) is 13.7. The molecule has 0 heterocycles. The van der Waals surface area contributed by atoms with Crippen LogP contribution in [-0.4, -0.2) is 34.6 Å². The summed E-state index contributed by atoms with van der Waals surface area (Å²) in [6, 6.07) is 8.90. The number of hydrogen-bond acceptors (Lipinski definition) is 5. The van der Waals surface area contributed by atoms with Crippen LogP contribution in [0.15, 0.2) is 24.3 Å². The van der Waals surface area contributed by atoms with Gasteiger partial charge in [0, 0.05) is 6.54 Å². The monoisotopic (exact) mass is 320 g/mol. The maximum absolute atomic E-state index is 11.5. The molecule has 0 aliphatic carbocycles. The van der Waals surface area contributed by atoms with Crippen LogP contribution >= 0.6 is 0 Å². The van der Waals surface area contributed by atoms with Crippen LogP contribution in [0.25, 0.3) is 0 Å². The first-order valence-electron chi connectivity index (χ1n) is 7.51. The molecule has 1 rings (SSSR count). The van der Waals surface area contributed by atoms with Crippen molar-refractivity contribution < 1.29 is 19.7 Å². The number of alkyl carbamates (subject to hydrolysis) is 1. The highest BCUT2D eigenvalue weighted by Crippen LogP contribution is 2.19. The van der Waals surface area contributed by atoms with Crippen LogP contribution in [0, 0.1) is 11.3 Å². The molecule has 0 fully saturated rings. The second-order valence-corrected chi connectivity index (χ2v) is 6.31. The summed E-state index contributed by atoms with van der Waals surface area (Å²) in [7, 11) is 0. The minimum Gasteiger partial charge on any atom is -0.444 e. The van der Waals surface area contributed by atoms with Gasteiger partial charge in [0.25, 0.3) is 0 Å². The molecule has 0 aliphatic heterocycles. The van der Waals surface area contributed by atoms with Crippen LogP contribution in [0.4, 0.5) is 4.79 Å². The molecule has 2 atom stereocenters. The SMILES string of the molecule is CC(C)(C)OC(=O)NCCC(O)C(O)c1ccc(CC#N)cc1. The molecule has 126 valence electrons. The number of hydrogen-bond donors (Lipinski definition) is 3. The van der Waals surface area contributed by atoms with Gasteiger partial charge >= 0.3 is 6.09 Å². The number of aliphatic hydroxyl groups excluding tert-OH is 2. The second-order valence-electron chi connectivity index (χ2n) is 6.31. The minimum absolute atomic E-state index is 0.194. The van der Waals surface area contributed by atoms with Crippen molar-refractivity contribution in [1.82, 2.24) is 5.32 Å². The van der Waals surface area contributed by atoms with Crippen molar-refractivity contribution in [3.05, 3.63) is 35.4 Å². The molecule has 1 aromatic rings. The lowest BCUT2D eigenvalue weighted by Gasteiger charge is -2.21. The van der Waals surface area contributed by atoms with Gasteiger partial charge in [-0.2, -0.15) is 5.26 Å². The van der Waals surface area contributed by atoms with Gasteiger partial charge in [-0.3, -0.25) is 0 Å². The van der Waals surface area contributed by atoms with Crippen LogP contribution in [-0.2, 0) is 11.2 Å². The van der Waals surface area contributed by atoms with Crippen LogP contribution in [0.5, 0.6) is 0 Å². The van der Waals surface area contributed by atoms with E-state index in [4.69, 9.17) is 10.00 Å². The predicted octanol–water partition coefficient (Wildman–Crippen LogP) is 2.06. The molecule has 6 heteroatoms. The Morgan fingerprint density at radius 3 is 2.43 bits per heavy atom. The molecule has 0 spiro atoms. The summed E-state index contributed by atoms with van der Waals surface area (Å²) < 4.78 is 5.08. The number of carbonyl (C=O) groups is 1. The van der Waals surface area contributed by atoms with Crippen molar-refractivity contribution >= 4 is 6.09 Å². The number of ether oxygens (including phenoxy) is 1. The van der Waals surface area contributed by atoms with Crippen LogP contribution in [0.2, 0.25) is 0 Å². The Kier molecular flexibility index (Phi) is 7.01. The molecule has 6 nitrogen and oxygen atoms in total. The summed E-state index contributed by atoms with van der Waals surface area (Å²) in [6.45, 7) is 5.49. The molecule has 2 unspecified atom stereocenters. The number of rotatable bonds is 6. The molecular weight excluding hydrogens is 296 g/mol. The number of nitrogens with one attached hydrogen (secondary N) is 1. The van der Waals surface area contributed by atoms with Gasteiger partial charge in [0.1, 0.15) is 11.7 Å². The number of nitriles is 1. The van der Waals surface area contributed by atoms with E-state index in [1.165, 1.54) is 0 Å². The zero-order chi connectivity index (χ0) is 17.5. The lowest BCUT2D eigenvalue weighted by atomic mass is 10.0. The first kappa shape index (κ1) is 18.9. The van der Waals surface area contributed by atoms with Crippen molar-refractivity contribution in [1.29, 1.82) is 5.26 Å². The van der Waals surface area contributed by atoms with Gasteiger partial charge in [0.2, 0.25) is 0 Å². The van der Waals surface area contributed by atoms with Crippen LogP contribution in [0.1, 0.15) is 44.4 Å². The molecule has 0 radical (unpaired) electrons. The maximum Gasteiger partial charge on any atom is 0.407 e. The number of carbonyl (C=O) groups excluding carboxylic acids is 1. The quantitative estimate of drug-likeness (QED) is 0.744. The lowest BCUT2D eigenvalue weighted by Crippen LogP contribution is -2.34. The van der Waals surface area contributed by atoms with Gasteiger partial charge in [0.05, 0.1) is 18.6 Å². The van der Waals surface area contributed by atoms with E-state index in [9.17, 15) is 15.0 Å². The normalized spacial score (nSPS) is 13.7. The Balaban J connectivity index is 2.43. The number of nitrogens with zero attached hydrogens (tertiary/aromatic N) is 1. The van der Waals surface area contributed by atoms with Gasteiger partial charge in [-0.25, -0.2) is 4.79 Å². The van der Waals surface area contributed by atoms with Crippen molar-refractivity contribution in [2.24, 2.45) is 0 Å². The standard InChI is InChI=1S/C17H24N2O4/c1-17(2,3)23-16(22)19-11-9-14(20)15(21)13-6-4-12(5-7-13)8-10-18/h4-7,14-15,20-21H,8-9,11H2,1-3H3,(H,19,22). The van der Waals surface area contributed by atoms with Gasteiger partial charge in [0.15, 0.2) is 0 Å². The van der Waals surface area contributed by atoms with E-state index in [0.717, 1.165) is 5.56 Å². The van der Waals surface area contributed by atoms with Gasteiger partial charge in [-0.05, 0) is 38.3 Å². The van der Waals surface area contributed by atoms with Gasteiger partial charge in [-0.1, -0.05) is 24.3 Å². The Morgan fingerprint density at radius 2 is 1.91 bits per heavy atom. The fourth-order valence-electron chi connectivity index (χ4n) is 1.94. The predicted molar refractivity (Wildman–Crippen MR) is 85.6 cm³/mol. The second kappa shape index (κ2) is 8.51.